The minimum absolute atomic E-state index is 0.0529. The predicted molar refractivity (Wildman–Crippen MR) is 54.4 cm³/mol. The highest BCUT2D eigenvalue weighted by Crippen LogP contribution is 2.00. The number of aromatic nitrogens is 1. The zero-order valence-corrected chi connectivity index (χ0v) is 8.33. The van der Waals surface area contributed by atoms with E-state index in [1.165, 1.54) is 0 Å². The number of carbonyl (C=O) groups is 2. The van der Waals surface area contributed by atoms with Crippen molar-refractivity contribution < 1.29 is 19.9 Å². The number of pyridine rings is 1. The zero-order chi connectivity index (χ0) is 12.0. The summed E-state index contributed by atoms with van der Waals surface area (Å²) in [4.78, 5) is 25.7. The summed E-state index contributed by atoms with van der Waals surface area (Å²) in [6, 6.07) is 5.23. The number of aliphatic carboxylic acids is 1. The largest absolute Gasteiger partial charge is 0.476 e. The average Bonchev–Trinajstić information content (AvgIpc) is 2.28. The molecule has 1 heterocycles. The lowest BCUT2D eigenvalue weighted by molar-refractivity contribution is -0.130. The first-order valence-corrected chi connectivity index (χ1v) is 4.53. The molecule has 0 amide bonds. The molecule has 2 N–H and O–H groups in total. The highest BCUT2D eigenvalue weighted by molar-refractivity contribution is 6.63. The predicted octanol–water partition coefficient (Wildman–Crippen LogP) is 0.498. The number of ketones is 1. The summed E-state index contributed by atoms with van der Waals surface area (Å²) in [5, 5.41) is 19.3. The second kappa shape index (κ2) is 5.59. The van der Waals surface area contributed by atoms with Crippen LogP contribution in [-0.2, 0) is 16.0 Å². The van der Waals surface area contributed by atoms with Gasteiger partial charge in [0.2, 0.25) is 5.71 Å². The van der Waals surface area contributed by atoms with Gasteiger partial charge in [0.05, 0.1) is 0 Å². The Morgan fingerprint density at radius 1 is 1.38 bits per heavy atom. The van der Waals surface area contributed by atoms with Gasteiger partial charge in [0.15, 0.2) is 5.78 Å². The van der Waals surface area contributed by atoms with Crippen LogP contribution in [-0.4, -0.2) is 32.8 Å². The second-order valence-electron chi connectivity index (χ2n) is 3.00. The number of hydrogen-bond donors (Lipinski definition) is 2. The molecule has 0 saturated heterocycles. The van der Waals surface area contributed by atoms with Gasteiger partial charge in [-0.3, -0.25) is 9.78 Å². The van der Waals surface area contributed by atoms with E-state index in [2.05, 4.69) is 10.1 Å². The number of aryl methyl sites for hydroxylation is 1. The SMILES string of the molecule is O=C(O)C(=NO)C(=O)CCc1ccccn1. The Balaban J connectivity index is 2.57. The van der Waals surface area contributed by atoms with Crippen LogP contribution in [0.25, 0.3) is 0 Å². The van der Waals surface area contributed by atoms with E-state index < -0.39 is 17.5 Å². The number of hydrogen-bond acceptors (Lipinski definition) is 5. The fourth-order valence-electron chi connectivity index (χ4n) is 1.12. The van der Waals surface area contributed by atoms with Crippen LogP contribution in [0.3, 0.4) is 0 Å². The van der Waals surface area contributed by atoms with Crippen LogP contribution in [0.2, 0.25) is 0 Å². The molecule has 0 spiro atoms. The van der Waals surface area contributed by atoms with E-state index in [1.807, 2.05) is 0 Å². The Kier molecular flexibility index (Phi) is 4.14. The summed E-state index contributed by atoms with van der Waals surface area (Å²) in [7, 11) is 0. The van der Waals surface area contributed by atoms with Crippen LogP contribution in [0.5, 0.6) is 0 Å². The van der Waals surface area contributed by atoms with Gasteiger partial charge in [-0.25, -0.2) is 4.79 Å². The summed E-state index contributed by atoms with van der Waals surface area (Å²) >= 11 is 0. The standard InChI is InChI=1S/C10H10N2O4/c13-8(9(12-16)10(14)15)5-4-7-3-1-2-6-11-7/h1-3,6,16H,4-5H2,(H,14,15). The van der Waals surface area contributed by atoms with E-state index in [9.17, 15) is 9.59 Å². The lowest BCUT2D eigenvalue weighted by Crippen LogP contribution is -2.24. The third-order valence-electron chi connectivity index (χ3n) is 1.90. The number of nitrogens with zero attached hydrogens (tertiary/aromatic N) is 2. The van der Waals surface area contributed by atoms with E-state index >= 15 is 0 Å². The molecular weight excluding hydrogens is 212 g/mol. The van der Waals surface area contributed by atoms with Crippen molar-refractivity contribution in [1.29, 1.82) is 0 Å². The summed E-state index contributed by atoms with van der Waals surface area (Å²) in [6.07, 6.45) is 1.84. The van der Waals surface area contributed by atoms with E-state index in [0.29, 0.717) is 12.1 Å². The molecular formula is C10H10N2O4. The smallest absolute Gasteiger partial charge is 0.361 e. The minimum Gasteiger partial charge on any atom is -0.476 e. The third-order valence-corrected chi connectivity index (χ3v) is 1.90. The summed E-state index contributed by atoms with van der Waals surface area (Å²) in [6.45, 7) is 0. The molecule has 0 aliphatic carbocycles. The molecule has 6 heteroatoms. The van der Waals surface area contributed by atoms with Crippen LogP contribution in [0.15, 0.2) is 29.6 Å². The molecule has 0 unspecified atom stereocenters. The molecule has 0 aliphatic heterocycles. The highest BCUT2D eigenvalue weighted by Gasteiger charge is 2.19. The maximum absolute atomic E-state index is 11.3. The molecule has 0 radical (unpaired) electrons. The molecule has 0 saturated carbocycles. The Labute approximate surface area is 91.2 Å². The molecule has 84 valence electrons. The van der Waals surface area contributed by atoms with Crippen molar-refractivity contribution in [3.63, 3.8) is 0 Å². The average molecular weight is 222 g/mol. The molecule has 0 atom stereocenters. The quantitative estimate of drug-likeness (QED) is 0.327. The van der Waals surface area contributed by atoms with Gasteiger partial charge in [0.1, 0.15) is 0 Å². The summed E-state index contributed by atoms with van der Waals surface area (Å²) in [5.41, 5.74) is -0.172. The number of rotatable bonds is 5. The molecule has 6 nitrogen and oxygen atoms in total. The molecule has 16 heavy (non-hydrogen) atoms. The van der Waals surface area contributed by atoms with Gasteiger partial charge in [-0.05, 0) is 18.6 Å². The maximum atomic E-state index is 11.3. The van der Waals surface area contributed by atoms with Gasteiger partial charge in [0.25, 0.3) is 0 Å². The monoisotopic (exact) mass is 222 g/mol. The van der Waals surface area contributed by atoms with Crippen molar-refractivity contribution in [2.75, 3.05) is 0 Å². The number of carbonyl (C=O) groups excluding carboxylic acids is 1. The van der Waals surface area contributed by atoms with Crippen molar-refractivity contribution >= 4 is 17.5 Å². The molecule has 0 aromatic carbocycles. The Morgan fingerprint density at radius 3 is 2.62 bits per heavy atom. The van der Waals surface area contributed by atoms with Crippen molar-refractivity contribution in [2.45, 2.75) is 12.8 Å². The number of oxime groups is 1. The number of carboxylic acids is 1. The van der Waals surface area contributed by atoms with E-state index in [1.54, 1.807) is 24.4 Å². The molecule has 0 bridgehead atoms. The van der Waals surface area contributed by atoms with E-state index in [4.69, 9.17) is 10.3 Å². The zero-order valence-electron chi connectivity index (χ0n) is 8.33. The first-order valence-electron chi connectivity index (χ1n) is 4.53. The third kappa shape index (κ3) is 3.16. The van der Waals surface area contributed by atoms with Crippen molar-refractivity contribution in [3.8, 4) is 0 Å². The first-order chi connectivity index (χ1) is 7.65. The van der Waals surface area contributed by atoms with Crippen LogP contribution in [0, 0.1) is 0 Å². The van der Waals surface area contributed by atoms with Crippen LogP contribution < -0.4 is 0 Å². The van der Waals surface area contributed by atoms with Crippen molar-refractivity contribution in [1.82, 2.24) is 4.98 Å². The van der Waals surface area contributed by atoms with Gasteiger partial charge in [-0.2, -0.15) is 0 Å². The van der Waals surface area contributed by atoms with Crippen LogP contribution in [0.1, 0.15) is 12.1 Å². The Morgan fingerprint density at radius 2 is 2.12 bits per heavy atom. The van der Waals surface area contributed by atoms with Gasteiger partial charge in [0, 0.05) is 18.3 Å². The topological polar surface area (TPSA) is 99.9 Å². The second-order valence-corrected chi connectivity index (χ2v) is 3.00. The lowest BCUT2D eigenvalue weighted by atomic mass is 10.1. The van der Waals surface area contributed by atoms with Crippen LogP contribution >= 0.6 is 0 Å². The molecule has 1 aromatic rings. The van der Waals surface area contributed by atoms with E-state index in [-0.39, 0.29) is 6.42 Å². The van der Waals surface area contributed by atoms with Gasteiger partial charge >= 0.3 is 5.97 Å². The molecule has 0 aliphatic rings. The highest BCUT2D eigenvalue weighted by atomic mass is 16.4. The first kappa shape index (κ1) is 11.8. The van der Waals surface area contributed by atoms with Crippen molar-refractivity contribution in [2.24, 2.45) is 5.16 Å². The minimum atomic E-state index is -1.53. The fourth-order valence-corrected chi connectivity index (χ4v) is 1.12. The lowest BCUT2D eigenvalue weighted by Gasteiger charge is -1.99. The molecule has 0 fully saturated rings. The summed E-state index contributed by atoms with van der Waals surface area (Å²) in [5.74, 6) is -2.26. The normalized spacial score (nSPS) is 11.1. The summed E-state index contributed by atoms with van der Waals surface area (Å²) < 4.78 is 0. The van der Waals surface area contributed by atoms with Crippen LogP contribution in [0.4, 0.5) is 0 Å². The molecule has 1 aromatic heterocycles. The van der Waals surface area contributed by atoms with E-state index in [0.717, 1.165) is 0 Å². The maximum Gasteiger partial charge on any atom is 0.361 e. The Bertz CT molecular complexity index is 414. The fraction of sp³-hybridized carbons (Fsp3) is 0.200. The number of carboxylic acid groups (broad SMARTS) is 1. The number of Topliss-reactive ketones (excluding diaryl/α,β-unsaturated/α-hetero) is 1. The Hall–Kier alpha value is -2.24. The molecule has 1 rings (SSSR count). The van der Waals surface area contributed by atoms with Crippen molar-refractivity contribution in [3.05, 3.63) is 30.1 Å². The van der Waals surface area contributed by atoms with Gasteiger partial charge in [-0.15, -0.1) is 0 Å². The van der Waals surface area contributed by atoms with Gasteiger partial charge in [-0.1, -0.05) is 11.2 Å². The van der Waals surface area contributed by atoms with Gasteiger partial charge < -0.3 is 10.3 Å².